The summed E-state index contributed by atoms with van der Waals surface area (Å²) >= 11 is 0. The lowest BCUT2D eigenvalue weighted by atomic mass is 9.85. The van der Waals surface area contributed by atoms with E-state index in [1.54, 1.807) is 19.9 Å². The first-order valence-corrected chi connectivity index (χ1v) is 10.0. The summed E-state index contributed by atoms with van der Waals surface area (Å²) in [5.74, 6) is -2.74. The monoisotopic (exact) mass is 422 g/mol. The summed E-state index contributed by atoms with van der Waals surface area (Å²) in [6, 6.07) is 0. The molecule has 0 unspecified atom stereocenters. The summed E-state index contributed by atoms with van der Waals surface area (Å²) in [6.45, 7) is 9.80. The molecule has 0 aromatic carbocycles. The van der Waals surface area contributed by atoms with Crippen LogP contribution < -0.4 is 0 Å². The highest BCUT2D eigenvalue weighted by Gasteiger charge is 2.45. The van der Waals surface area contributed by atoms with Crippen molar-refractivity contribution in [2.45, 2.75) is 65.0 Å². The zero-order valence-corrected chi connectivity index (χ0v) is 17.8. The maximum atomic E-state index is 12.5. The van der Waals surface area contributed by atoms with Crippen LogP contribution in [0.25, 0.3) is 0 Å². The van der Waals surface area contributed by atoms with Gasteiger partial charge in [-0.15, -0.1) is 0 Å². The molecule has 30 heavy (non-hydrogen) atoms. The molecule has 1 aliphatic carbocycles. The molecule has 0 saturated carbocycles. The molecular formula is C22H30O8. The van der Waals surface area contributed by atoms with E-state index in [9.17, 15) is 24.6 Å². The number of fused-ring (bicyclic) bond motifs is 1. The lowest BCUT2D eigenvalue weighted by Crippen LogP contribution is -2.36. The lowest BCUT2D eigenvalue weighted by Gasteiger charge is -2.29. The molecule has 166 valence electrons. The number of hydrogen-bond acceptors (Lipinski definition) is 8. The quantitative estimate of drug-likeness (QED) is 0.297. The van der Waals surface area contributed by atoms with Crippen molar-refractivity contribution < 1.29 is 38.8 Å². The fourth-order valence-electron chi connectivity index (χ4n) is 3.47. The van der Waals surface area contributed by atoms with Gasteiger partial charge in [-0.1, -0.05) is 20.4 Å². The van der Waals surface area contributed by atoms with E-state index in [0.29, 0.717) is 12.0 Å². The number of rotatable bonds is 5. The van der Waals surface area contributed by atoms with Gasteiger partial charge in [0.25, 0.3) is 0 Å². The molecule has 1 heterocycles. The summed E-state index contributed by atoms with van der Waals surface area (Å²) in [7, 11) is 0. The summed E-state index contributed by atoms with van der Waals surface area (Å²) in [5.41, 5.74) is 0.876. The minimum Gasteiger partial charge on any atom is -0.458 e. The van der Waals surface area contributed by atoms with Crippen molar-refractivity contribution in [3.8, 4) is 0 Å². The Hall–Kier alpha value is -2.45. The minimum atomic E-state index is -1.03. The van der Waals surface area contributed by atoms with Gasteiger partial charge in [0.2, 0.25) is 0 Å². The van der Waals surface area contributed by atoms with Crippen LogP contribution in [0.3, 0.4) is 0 Å². The van der Waals surface area contributed by atoms with Crippen molar-refractivity contribution in [1.82, 2.24) is 0 Å². The number of aliphatic hydroxyl groups excluding tert-OH is 2. The van der Waals surface area contributed by atoms with Crippen molar-refractivity contribution in [2.75, 3.05) is 6.61 Å². The Morgan fingerprint density at radius 3 is 2.57 bits per heavy atom. The van der Waals surface area contributed by atoms with Gasteiger partial charge in [0.05, 0.1) is 24.5 Å². The predicted octanol–water partition coefficient (Wildman–Crippen LogP) is 1.60. The van der Waals surface area contributed by atoms with E-state index >= 15 is 0 Å². The lowest BCUT2D eigenvalue weighted by molar-refractivity contribution is -0.154. The fourth-order valence-corrected chi connectivity index (χ4v) is 3.47. The second-order valence-electron chi connectivity index (χ2n) is 7.79. The van der Waals surface area contributed by atoms with Crippen LogP contribution in [0, 0.1) is 11.8 Å². The number of esters is 3. The van der Waals surface area contributed by atoms with Gasteiger partial charge in [-0.05, 0) is 36.6 Å². The van der Waals surface area contributed by atoms with Gasteiger partial charge in [-0.2, -0.15) is 0 Å². The van der Waals surface area contributed by atoms with Crippen molar-refractivity contribution in [3.63, 3.8) is 0 Å². The van der Waals surface area contributed by atoms with Crippen molar-refractivity contribution in [3.05, 3.63) is 35.5 Å². The van der Waals surface area contributed by atoms with E-state index in [-0.39, 0.29) is 23.5 Å². The van der Waals surface area contributed by atoms with Crippen LogP contribution in [0.4, 0.5) is 0 Å². The van der Waals surface area contributed by atoms with E-state index in [1.807, 2.05) is 6.92 Å². The summed E-state index contributed by atoms with van der Waals surface area (Å²) in [5, 5.41) is 20.5. The van der Waals surface area contributed by atoms with Crippen LogP contribution >= 0.6 is 0 Å². The van der Waals surface area contributed by atoms with E-state index in [4.69, 9.17) is 14.2 Å². The molecule has 2 N–H and O–H groups in total. The summed E-state index contributed by atoms with van der Waals surface area (Å²) in [4.78, 5) is 36.2. The molecule has 1 fully saturated rings. The minimum absolute atomic E-state index is 0.00733. The predicted molar refractivity (Wildman–Crippen MR) is 107 cm³/mol. The molecule has 2 aliphatic rings. The maximum absolute atomic E-state index is 12.5. The highest BCUT2D eigenvalue weighted by atomic mass is 16.6. The van der Waals surface area contributed by atoms with E-state index in [2.05, 4.69) is 6.58 Å². The Morgan fingerprint density at radius 1 is 1.33 bits per heavy atom. The molecule has 0 radical (unpaired) electrons. The Morgan fingerprint density at radius 2 is 2.00 bits per heavy atom. The Bertz CT molecular complexity index is 765. The van der Waals surface area contributed by atoms with Crippen LogP contribution in [0.15, 0.2) is 35.5 Å². The molecule has 6 atom stereocenters. The molecule has 0 amide bonds. The van der Waals surface area contributed by atoms with Crippen LogP contribution in [0.1, 0.15) is 40.5 Å². The first-order chi connectivity index (χ1) is 14.1. The molecule has 1 aliphatic heterocycles. The number of ether oxygens (including phenoxy) is 3. The molecule has 8 heteroatoms. The van der Waals surface area contributed by atoms with Gasteiger partial charge in [-0.3, -0.25) is 9.59 Å². The van der Waals surface area contributed by atoms with Crippen LogP contribution in [0.5, 0.6) is 0 Å². The van der Waals surface area contributed by atoms with Gasteiger partial charge >= 0.3 is 17.9 Å². The number of hydrogen-bond donors (Lipinski definition) is 2. The largest absolute Gasteiger partial charge is 0.458 e. The maximum Gasteiger partial charge on any atom is 0.334 e. The molecular weight excluding hydrogens is 392 g/mol. The third-order valence-electron chi connectivity index (χ3n) is 5.56. The Balaban J connectivity index is 2.53. The normalized spacial score (nSPS) is 33.9. The zero-order chi connectivity index (χ0) is 22.6. The average molecular weight is 422 g/mol. The van der Waals surface area contributed by atoms with Gasteiger partial charge in [-0.25, -0.2) is 4.79 Å². The molecule has 1 saturated heterocycles. The highest BCUT2D eigenvalue weighted by Crippen LogP contribution is 2.36. The SMILES string of the molecule is C=C1C(=O)O[C@@H]2/C=C(\CO)[C@@H](OC(C)=O)C[C@@H](O)/C(C)=C/[C@@H](OC(=O)[C@H](C)CC)[C@@H]12. The second kappa shape index (κ2) is 10.0. The van der Waals surface area contributed by atoms with Gasteiger partial charge in [0, 0.05) is 18.9 Å². The topological polar surface area (TPSA) is 119 Å². The third-order valence-corrected chi connectivity index (χ3v) is 5.56. The third kappa shape index (κ3) is 5.37. The Labute approximate surface area is 176 Å². The first-order valence-electron chi connectivity index (χ1n) is 10.0. The van der Waals surface area contributed by atoms with Crippen molar-refractivity contribution in [1.29, 1.82) is 0 Å². The number of aliphatic hydroxyl groups is 2. The number of carbonyl (C=O) groups is 3. The van der Waals surface area contributed by atoms with Crippen molar-refractivity contribution >= 4 is 17.9 Å². The molecule has 2 rings (SSSR count). The number of carbonyl (C=O) groups excluding carboxylic acids is 3. The average Bonchev–Trinajstić information content (AvgIpc) is 2.96. The van der Waals surface area contributed by atoms with Crippen LogP contribution in [-0.2, 0) is 28.6 Å². The highest BCUT2D eigenvalue weighted by molar-refractivity contribution is 5.91. The van der Waals surface area contributed by atoms with Crippen LogP contribution in [-0.4, -0.2) is 59.1 Å². The van der Waals surface area contributed by atoms with Crippen LogP contribution in [0.2, 0.25) is 0 Å². The van der Waals surface area contributed by atoms with Gasteiger partial charge in [0.15, 0.2) is 0 Å². The smallest absolute Gasteiger partial charge is 0.334 e. The van der Waals surface area contributed by atoms with E-state index in [1.165, 1.54) is 13.0 Å². The molecule has 8 nitrogen and oxygen atoms in total. The molecule has 0 bridgehead atoms. The van der Waals surface area contributed by atoms with E-state index < -0.39 is 54.8 Å². The fraction of sp³-hybridized carbons (Fsp3) is 0.591. The van der Waals surface area contributed by atoms with E-state index in [0.717, 1.165) is 0 Å². The summed E-state index contributed by atoms with van der Waals surface area (Å²) in [6.07, 6.45) is -0.0639. The molecule has 0 aromatic rings. The second-order valence-corrected chi connectivity index (χ2v) is 7.79. The van der Waals surface area contributed by atoms with Gasteiger partial charge in [0.1, 0.15) is 18.3 Å². The standard InChI is InChI=1S/C22H30O8/c1-6-11(2)21(26)29-18-7-12(3)16(25)9-17(28-14(5)24)15(10-23)8-19-20(18)13(4)22(27)30-19/h7-8,11,16-20,23,25H,4,6,9-10H2,1-3,5H3/b12-7+,15-8+/t11-,16-,17+,18-,19-,20-/m1/s1. The molecule has 0 aromatic heterocycles. The Kier molecular flexibility index (Phi) is 7.97. The summed E-state index contributed by atoms with van der Waals surface area (Å²) < 4.78 is 16.4. The molecule has 0 spiro atoms. The zero-order valence-electron chi connectivity index (χ0n) is 17.8. The van der Waals surface area contributed by atoms with Crippen molar-refractivity contribution in [2.24, 2.45) is 11.8 Å². The van der Waals surface area contributed by atoms with Gasteiger partial charge < -0.3 is 24.4 Å². The first kappa shape index (κ1) is 23.8.